The van der Waals surface area contributed by atoms with Gasteiger partial charge in [-0.25, -0.2) is 49.0 Å². The number of fused-ring (bicyclic) bond motifs is 9. The van der Waals surface area contributed by atoms with Crippen molar-refractivity contribution < 1.29 is 57.2 Å². The van der Waals surface area contributed by atoms with Crippen LogP contribution >= 0.6 is 0 Å². The van der Waals surface area contributed by atoms with E-state index >= 15 is 0 Å². The fourth-order valence-electron chi connectivity index (χ4n) is 9.31. The number of hydrogen-bond donors (Lipinski definition) is 0. The molecule has 0 radical (unpaired) electrons. The zero-order chi connectivity index (χ0) is 62.0. The molecule has 18 heteroatoms. The monoisotopic (exact) mass is 1140 g/mol. The van der Waals surface area contributed by atoms with Gasteiger partial charge >= 0.3 is 35.8 Å². The van der Waals surface area contributed by atoms with Crippen molar-refractivity contribution in [2.75, 3.05) is 39.6 Å². The molecule has 6 aromatic rings. The van der Waals surface area contributed by atoms with Crippen LogP contribution in [-0.4, -0.2) is 75.5 Å². The second-order valence-corrected chi connectivity index (χ2v) is 18.3. The SMILES string of the molecule is C=C(C)C(=O)OCCOC(=O)c1ccc2c(c1)C(=C(C#N)C#N)c1ccccc1-2.[C-]#[N+]/C(C#N)=C1/c2ccccc2-c2c(C(=O)OCCOC(=O)C(=C)C)cccc21.[C-]#[N+]/C(C#N)=C1/c2ccccc2-c2c(C(=O)OCCOC(=O)C=C)cccc21. The van der Waals surface area contributed by atoms with Gasteiger partial charge in [0.25, 0.3) is 11.4 Å². The zero-order valence-corrected chi connectivity index (χ0v) is 46.1. The van der Waals surface area contributed by atoms with E-state index in [0.29, 0.717) is 55.7 Å². The van der Waals surface area contributed by atoms with Crippen molar-refractivity contribution in [3.63, 3.8) is 0 Å². The molecule has 6 aromatic carbocycles. The summed E-state index contributed by atoms with van der Waals surface area (Å²) in [6.07, 6.45) is 1.03. The van der Waals surface area contributed by atoms with E-state index in [0.717, 1.165) is 45.0 Å². The maximum atomic E-state index is 12.7. The zero-order valence-electron chi connectivity index (χ0n) is 46.1. The molecule has 0 heterocycles. The predicted octanol–water partition coefficient (Wildman–Crippen LogP) is 11.7. The van der Waals surface area contributed by atoms with Crippen LogP contribution in [0.15, 0.2) is 181 Å². The highest BCUT2D eigenvalue weighted by atomic mass is 16.6. The maximum Gasteiger partial charge on any atom is 0.338 e. The molecular weight excluding hydrogens is 1090 g/mol. The molecule has 0 aromatic heterocycles. The van der Waals surface area contributed by atoms with Crippen LogP contribution in [0.25, 0.3) is 59.8 Å². The molecule has 0 aliphatic heterocycles. The van der Waals surface area contributed by atoms with Gasteiger partial charge in [-0.15, -0.1) is 0 Å². The number of rotatable bonds is 15. The Morgan fingerprint density at radius 3 is 1.22 bits per heavy atom. The summed E-state index contributed by atoms with van der Waals surface area (Å²) in [7, 11) is 0. The average molecular weight is 1140 g/mol. The smallest absolute Gasteiger partial charge is 0.338 e. The molecule has 18 nitrogen and oxygen atoms in total. The van der Waals surface area contributed by atoms with Crippen LogP contribution in [0.2, 0.25) is 0 Å². The molecule has 0 amide bonds. The molecule has 0 spiro atoms. The van der Waals surface area contributed by atoms with E-state index in [1.165, 1.54) is 13.8 Å². The summed E-state index contributed by atoms with van der Waals surface area (Å²) in [6.45, 7) is 27.4. The topological polar surface area (TPSA) is 262 Å². The Hall–Kier alpha value is -12.5. The van der Waals surface area contributed by atoms with Gasteiger partial charge in [-0.2, -0.15) is 10.5 Å². The van der Waals surface area contributed by atoms with Crippen LogP contribution in [0.4, 0.5) is 0 Å². The first-order valence-electron chi connectivity index (χ1n) is 25.8. The normalized spacial score (nSPS) is 12.0. The lowest BCUT2D eigenvalue weighted by Gasteiger charge is -2.10. The lowest BCUT2D eigenvalue weighted by molar-refractivity contribution is -0.140. The number of benzene rings is 6. The van der Waals surface area contributed by atoms with Gasteiger partial charge in [0.15, 0.2) is 0 Å². The Labute approximate surface area is 494 Å². The van der Waals surface area contributed by atoms with E-state index in [1.54, 1.807) is 54.6 Å². The molecule has 0 saturated carbocycles. The van der Waals surface area contributed by atoms with Crippen molar-refractivity contribution in [2.24, 2.45) is 0 Å². The minimum atomic E-state index is -0.594. The molecule has 0 fully saturated rings. The summed E-state index contributed by atoms with van der Waals surface area (Å²) in [5, 5.41) is 37.5. The Morgan fingerprint density at radius 1 is 0.442 bits per heavy atom. The van der Waals surface area contributed by atoms with Gasteiger partial charge in [-0.1, -0.05) is 123 Å². The third-order valence-electron chi connectivity index (χ3n) is 13.0. The second-order valence-electron chi connectivity index (χ2n) is 18.3. The standard InChI is InChI=1S/2C23H16N2O4.C22H14N2O4/c1-14(2)22(26)28-11-12-29-23(27)18-10-6-9-17-20(18)15-7-4-5-8-16(15)21(17)19(13-24)25-3;1-14(2)22(26)28-9-10-29-23(27)15-7-8-18-17-5-3-4-6-19(17)21(20(18)11-15)16(12-24)13-25;1-3-19(25)27-11-12-28-22(26)17-10-6-9-16-20(17)14-7-4-5-8-15(14)21(16)18(13-23)24-2/h4-10H,1,11-12H2,2H3;3-8,11H,1,9-10H2,2H3;3-10H,1,11-12H2/b21-19-;;21-18-. The molecule has 420 valence electrons. The highest BCUT2D eigenvalue weighted by Gasteiger charge is 2.33. The third-order valence-corrected chi connectivity index (χ3v) is 13.0. The number of ether oxygens (including phenoxy) is 6. The number of carbonyl (C=O) groups is 6. The van der Waals surface area contributed by atoms with Gasteiger partial charge < -0.3 is 28.4 Å². The van der Waals surface area contributed by atoms with E-state index in [2.05, 4.69) is 29.4 Å². The lowest BCUT2D eigenvalue weighted by Crippen LogP contribution is -2.14. The van der Waals surface area contributed by atoms with Gasteiger partial charge in [0.05, 0.1) is 42.0 Å². The van der Waals surface area contributed by atoms with Gasteiger partial charge in [-0.3, -0.25) is 0 Å². The van der Waals surface area contributed by atoms with Gasteiger partial charge in [-0.05, 0) is 93.7 Å². The minimum absolute atomic E-state index is 0.0200. The summed E-state index contributed by atoms with van der Waals surface area (Å²) >= 11 is 0. The number of nitrogens with zero attached hydrogens (tertiary/aromatic N) is 6. The van der Waals surface area contributed by atoms with Gasteiger partial charge in [0, 0.05) is 45.1 Å². The van der Waals surface area contributed by atoms with Crippen LogP contribution in [0.5, 0.6) is 0 Å². The molecule has 9 rings (SSSR count). The van der Waals surface area contributed by atoms with E-state index in [4.69, 9.17) is 41.6 Å². The summed E-state index contributed by atoms with van der Waals surface area (Å²) < 4.78 is 30.2. The molecular formula is C68H46N6O12. The molecule has 3 aliphatic rings. The quantitative estimate of drug-likeness (QED) is 0.0231. The van der Waals surface area contributed by atoms with Crippen LogP contribution in [0.3, 0.4) is 0 Å². The summed E-state index contributed by atoms with van der Waals surface area (Å²) in [4.78, 5) is 78.1. The summed E-state index contributed by atoms with van der Waals surface area (Å²) in [5.41, 5.74) is 11.5. The minimum Gasteiger partial charge on any atom is -0.459 e. The van der Waals surface area contributed by atoms with Crippen molar-refractivity contribution in [2.45, 2.75) is 13.8 Å². The summed E-state index contributed by atoms with van der Waals surface area (Å²) in [5.74, 6) is -3.44. The van der Waals surface area contributed by atoms with Gasteiger partial charge in [0.2, 0.25) is 0 Å². The largest absolute Gasteiger partial charge is 0.459 e. The van der Waals surface area contributed by atoms with Crippen molar-refractivity contribution in [1.29, 1.82) is 21.0 Å². The Bertz CT molecular complexity index is 4170. The highest BCUT2D eigenvalue weighted by molar-refractivity contribution is 6.12. The maximum absolute atomic E-state index is 12.7. The average Bonchev–Trinajstić information content (AvgIpc) is 1.68. The number of allylic oxidation sites excluding steroid dienone is 3. The van der Waals surface area contributed by atoms with Crippen molar-refractivity contribution in [1.82, 2.24) is 0 Å². The molecule has 0 N–H and O–H groups in total. The van der Waals surface area contributed by atoms with Crippen LogP contribution in [0.1, 0.15) is 78.3 Å². The Morgan fingerprint density at radius 2 is 0.814 bits per heavy atom. The summed E-state index contributed by atoms with van der Waals surface area (Å²) in [6, 6.07) is 45.0. The van der Waals surface area contributed by atoms with Crippen LogP contribution in [0, 0.1) is 58.5 Å². The van der Waals surface area contributed by atoms with E-state index < -0.39 is 35.8 Å². The lowest BCUT2D eigenvalue weighted by atomic mass is 9.98. The number of esters is 6. The molecule has 0 atom stereocenters. The fraction of sp³-hybridized carbons (Fsp3) is 0.118. The van der Waals surface area contributed by atoms with Gasteiger partial charge in [0.1, 0.15) is 57.4 Å². The first-order chi connectivity index (χ1) is 41.6. The number of hydrogen-bond acceptors (Lipinski definition) is 16. The first-order valence-corrected chi connectivity index (χ1v) is 25.8. The van der Waals surface area contributed by atoms with Crippen LogP contribution in [-0.2, 0) is 42.8 Å². The fourth-order valence-corrected chi connectivity index (χ4v) is 9.31. The predicted molar refractivity (Wildman–Crippen MR) is 313 cm³/mol. The van der Waals surface area contributed by atoms with Crippen molar-refractivity contribution in [3.05, 3.63) is 254 Å². The second kappa shape index (κ2) is 28.3. The number of carbonyl (C=O) groups excluding carboxylic acids is 6. The van der Waals surface area contributed by atoms with E-state index in [-0.39, 0.29) is 73.3 Å². The molecule has 0 saturated heterocycles. The van der Waals surface area contributed by atoms with E-state index in [9.17, 15) is 49.8 Å². The highest BCUT2D eigenvalue weighted by Crippen LogP contribution is 2.49. The molecule has 3 aliphatic carbocycles. The van der Waals surface area contributed by atoms with Crippen molar-refractivity contribution in [3.8, 4) is 57.7 Å². The Kier molecular flexibility index (Phi) is 20.1. The Balaban J connectivity index is 0.000000185. The van der Waals surface area contributed by atoms with Crippen LogP contribution < -0.4 is 0 Å². The molecule has 0 unspecified atom stereocenters. The van der Waals surface area contributed by atoms with Crippen molar-refractivity contribution >= 4 is 52.5 Å². The molecule has 86 heavy (non-hydrogen) atoms. The third kappa shape index (κ3) is 13.1. The first kappa shape index (κ1) is 61.1. The van der Waals surface area contributed by atoms with E-state index in [1.807, 2.05) is 97.1 Å². The number of nitriles is 4. The molecule has 0 bridgehead atoms.